The van der Waals surface area contributed by atoms with Crippen molar-refractivity contribution < 1.29 is 4.79 Å². The van der Waals surface area contributed by atoms with E-state index >= 15 is 0 Å². The Morgan fingerprint density at radius 1 is 1.56 bits per heavy atom. The first kappa shape index (κ1) is 13.6. The molecule has 2 rings (SSSR count). The van der Waals surface area contributed by atoms with Gasteiger partial charge in [0.2, 0.25) is 5.91 Å². The average molecular weight is 266 g/mol. The summed E-state index contributed by atoms with van der Waals surface area (Å²) in [7, 11) is 0. The lowest BCUT2D eigenvalue weighted by Gasteiger charge is -2.27. The largest absolute Gasteiger partial charge is 0.354 e. The number of carbonyl (C=O) groups is 1. The number of piperidine rings is 1. The summed E-state index contributed by atoms with van der Waals surface area (Å²) in [5, 5.41) is 8.45. The summed E-state index contributed by atoms with van der Waals surface area (Å²) in [4.78, 5) is 13.4. The van der Waals surface area contributed by atoms with Crippen LogP contribution in [0.3, 0.4) is 0 Å². The topological polar surface area (TPSA) is 41.1 Å². The third kappa shape index (κ3) is 3.33. The van der Waals surface area contributed by atoms with E-state index in [4.69, 9.17) is 0 Å². The lowest BCUT2D eigenvalue weighted by atomic mass is 9.91. The Bertz CT molecular complexity index is 381. The Labute approximate surface area is 113 Å². The van der Waals surface area contributed by atoms with Crippen molar-refractivity contribution in [2.45, 2.75) is 44.6 Å². The van der Waals surface area contributed by atoms with Crippen molar-refractivity contribution in [1.82, 2.24) is 10.6 Å². The summed E-state index contributed by atoms with van der Waals surface area (Å²) in [6.07, 6.45) is 3.30. The number of hydrogen-bond acceptors (Lipinski definition) is 3. The van der Waals surface area contributed by atoms with Gasteiger partial charge in [0.25, 0.3) is 0 Å². The molecule has 1 fully saturated rings. The molecule has 1 unspecified atom stereocenters. The molecule has 0 radical (unpaired) electrons. The van der Waals surface area contributed by atoms with E-state index in [2.05, 4.69) is 42.0 Å². The van der Waals surface area contributed by atoms with E-state index in [0.717, 1.165) is 19.4 Å². The van der Waals surface area contributed by atoms with Crippen LogP contribution in [-0.4, -0.2) is 25.0 Å². The van der Waals surface area contributed by atoms with E-state index < -0.39 is 0 Å². The maximum absolute atomic E-state index is 12.0. The van der Waals surface area contributed by atoms with Crippen LogP contribution in [0.5, 0.6) is 0 Å². The zero-order valence-electron chi connectivity index (χ0n) is 11.2. The van der Waals surface area contributed by atoms with Crippen molar-refractivity contribution in [2.75, 3.05) is 13.1 Å². The molecule has 3 nitrogen and oxygen atoms in total. The molecular formula is C14H22N2OS. The summed E-state index contributed by atoms with van der Waals surface area (Å²) in [6, 6.07) is 4.21. The SMILES string of the molecule is CC(C)(CNC(=O)C1CCCCN1)c1cccs1. The number of carbonyl (C=O) groups excluding carboxylic acids is 1. The van der Waals surface area contributed by atoms with Crippen LogP contribution in [0, 0.1) is 0 Å². The summed E-state index contributed by atoms with van der Waals surface area (Å²) in [5.41, 5.74) is 0.0124. The monoisotopic (exact) mass is 266 g/mol. The van der Waals surface area contributed by atoms with Gasteiger partial charge in [-0.15, -0.1) is 11.3 Å². The van der Waals surface area contributed by atoms with E-state index in [-0.39, 0.29) is 17.4 Å². The molecule has 1 aliphatic rings. The van der Waals surface area contributed by atoms with Crippen LogP contribution in [0.4, 0.5) is 0 Å². The van der Waals surface area contributed by atoms with Gasteiger partial charge in [0.15, 0.2) is 0 Å². The Morgan fingerprint density at radius 2 is 2.39 bits per heavy atom. The molecule has 1 aliphatic heterocycles. The molecule has 1 atom stereocenters. The molecule has 0 aliphatic carbocycles. The predicted octanol–water partition coefficient (Wildman–Crippen LogP) is 2.28. The summed E-state index contributed by atoms with van der Waals surface area (Å²) < 4.78 is 0. The zero-order chi connectivity index (χ0) is 13.0. The molecule has 100 valence electrons. The van der Waals surface area contributed by atoms with E-state index in [1.165, 1.54) is 11.3 Å². The third-order valence-electron chi connectivity index (χ3n) is 3.52. The quantitative estimate of drug-likeness (QED) is 0.878. The smallest absolute Gasteiger partial charge is 0.237 e. The second kappa shape index (κ2) is 5.85. The Hall–Kier alpha value is -0.870. The van der Waals surface area contributed by atoms with Crippen LogP contribution >= 0.6 is 11.3 Å². The van der Waals surface area contributed by atoms with Crippen molar-refractivity contribution in [1.29, 1.82) is 0 Å². The molecule has 0 saturated carbocycles. The first-order chi connectivity index (χ1) is 8.59. The van der Waals surface area contributed by atoms with Gasteiger partial charge in [-0.05, 0) is 30.8 Å². The molecule has 18 heavy (non-hydrogen) atoms. The van der Waals surface area contributed by atoms with Crippen molar-refractivity contribution >= 4 is 17.2 Å². The fourth-order valence-corrected chi connectivity index (χ4v) is 3.11. The average Bonchev–Trinajstić information content (AvgIpc) is 2.92. The molecular weight excluding hydrogens is 244 g/mol. The predicted molar refractivity (Wildman–Crippen MR) is 76.0 cm³/mol. The first-order valence-corrected chi connectivity index (χ1v) is 7.53. The van der Waals surface area contributed by atoms with Crippen LogP contribution < -0.4 is 10.6 Å². The van der Waals surface area contributed by atoms with E-state index in [1.54, 1.807) is 11.3 Å². The second-order valence-corrected chi connectivity index (χ2v) is 6.53. The zero-order valence-corrected chi connectivity index (χ0v) is 12.0. The van der Waals surface area contributed by atoms with Crippen molar-refractivity contribution in [3.63, 3.8) is 0 Å². The highest BCUT2D eigenvalue weighted by molar-refractivity contribution is 7.10. The lowest BCUT2D eigenvalue weighted by Crippen LogP contribution is -2.49. The van der Waals surface area contributed by atoms with E-state index in [9.17, 15) is 4.79 Å². The maximum Gasteiger partial charge on any atom is 0.237 e. The summed E-state index contributed by atoms with van der Waals surface area (Å²) in [5.74, 6) is 0.152. The molecule has 1 amide bonds. The van der Waals surface area contributed by atoms with Gasteiger partial charge < -0.3 is 10.6 Å². The van der Waals surface area contributed by atoms with E-state index in [1.807, 2.05) is 0 Å². The fourth-order valence-electron chi connectivity index (χ4n) is 2.26. The Kier molecular flexibility index (Phi) is 4.40. The van der Waals surface area contributed by atoms with Crippen LogP contribution in [0.25, 0.3) is 0 Å². The van der Waals surface area contributed by atoms with Gasteiger partial charge in [-0.2, -0.15) is 0 Å². The summed E-state index contributed by atoms with van der Waals surface area (Å²) >= 11 is 1.75. The molecule has 1 aromatic heterocycles. The Morgan fingerprint density at radius 3 is 3.00 bits per heavy atom. The molecule has 2 heterocycles. The normalized spacial score (nSPS) is 20.7. The maximum atomic E-state index is 12.0. The lowest BCUT2D eigenvalue weighted by molar-refractivity contribution is -0.123. The fraction of sp³-hybridized carbons (Fsp3) is 0.643. The highest BCUT2D eigenvalue weighted by Crippen LogP contribution is 2.26. The molecule has 0 spiro atoms. The standard InChI is InChI=1S/C14H22N2OS/c1-14(2,12-7-5-9-18-12)10-16-13(17)11-6-3-4-8-15-11/h5,7,9,11,15H,3-4,6,8,10H2,1-2H3,(H,16,17). The van der Waals surface area contributed by atoms with Crippen LogP contribution in [0.15, 0.2) is 17.5 Å². The molecule has 0 aromatic carbocycles. The van der Waals surface area contributed by atoms with Crippen LogP contribution in [0.1, 0.15) is 38.0 Å². The van der Waals surface area contributed by atoms with Crippen LogP contribution in [0.2, 0.25) is 0 Å². The van der Waals surface area contributed by atoms with Crippen molar-refractivity contribution in [2.24, 2.45) is 0 Å². The third-order valence-corrected chi connectivity index (χ3v) is 4.76. The highest BCUT2D eigenvalue weighted by atomic mass is 32.1. The van der Waals surface area contributed by atoms with Crippen molar-refractivity contribution in [3.05, 3.63) is 22.4 Å². The van der Waals surface area contributed by atoms with Gasteiger partial charge in [-0.1, -0.05) is 26.3 Å². The number of rotatable bonds is 4. The van der Waals surface area contributed by atoms with Crippen LogP contribution in [-0.2, 0) is 10.2 Å². The van der Waals surface area contributed by atoms with Gasteiger partial charge in [-0.25, -0.2) is 0 Å². The van der Waals surface area contributed by atoms with Gasteiger partial charge in [0.1, 0.15) is 0 Å². The van der Waals surface area contributed by atoms with Gasteiger partial charge >= 0.3 is 0 Å². The molecule has 0 bridgehead atoms. The van der Waals surface area contributed by atoms with Gasteiger partial charge in [0, 0.05) is 16.8 Å². The second-order valence-electron chi connectivity index (χ2n) is 5.58. The molecule has 2 N–H and O–H groups in total. The highest BCUT2D eigenvalue weighted by Gasteiger charge is 2.25. The molecule has 4 heteroatoms. The minimum atomic E-state index is 0.0119. The number of thiophene rings is 1. The minimum absolute atomic E-state index is 0.0119. The Balaban J connectivity index is 1.85. The summed E-state index contributed by atoms with van der Waals surface area (Å²) in [6.45, 7) is 6.01. The van der Waals surface area contributed by atoms with Gasteiger partial charge in [-0.3, -0.25) is 4.79 Å². The number of amides is 1. The van der Waals surface area contributed by atoms with Gasteiger partial charge in [0.05, 0.1) is 6.04 Å². The minimum Gasteiger partial charge on any atom is -0.354 e. The molecule has 1 saturated heterocycles. The number of hydrogen-bond donors (Lipinski definition) is 2. The van der Waals surface area contributed by atoms with Crippen molar-refractivity contribution in [3.8, 4) is 0 Å². The number of nitrogens with one attached hydrogen (secondary N) is 2. The van der Waals surface area contributed by atoms with E-state index in [0.29, 0.717) is 6.54 Å². The molecule has 1 aromatic rings. The first-order valence-electron chi connectivity index (χ1n) is 6.65.